The molecule has 0 saturated heterocycles. The van der Waals surface area contributed by atoms with Crippen LogP contribution in [0.1, 0.15) is 33.1 Å². The van der Waals surface area contributed by atoms with Gasteiger partial charge < -0.3 is 4.90 Å². The van der Waals surface area contributed by atoms with E-state index in [0.717, 1.165) is 6.42 Å². The molecule has 0 saturated carbocycles. The van der Waals surface area contributed by atoms with E-state index in [1.165, 1.54) is 12.8 Å². The van der Waals surface area contributed by atoms with Crippen molar-refractivity contribution in [1.82, 2.24) is 4.90 Å². The first-order valence-electron chi connectivity index (χ1n) is 4.99. The van der Waals surface area contributed by atoms with E-state index >= 15 is 0 Å². The summed E-state index contributed by atoms with van der Waals surface area (Å²) in [6.45, 7) is 11.9. The van der Waals surface area contributed by atoms with Gasteiger partial charge in [0.15, 0.2) is 0 Å². The second kappa shape index (κ2) is 7.66. The molecule has 0 heterocycles. The fraction of sp³-hybridized carbons (Fsp3) is 0.500. The van der Waals surface area contributed by atoms with Crippen LogP contribution >= 0.6 is 0 Å². The maximum Gasteiger partial charge on any atom is 0.0327 e. The molecule has 0 aliphatic rings. The first-order chi connectivity index (χ1) is 6.29. The topological polar surface area (TPSA) is 3.24 Å². The Morgan fingerprint density at radius 2 is 2.00 bits per heavy atom. The first-order valence-corrected chi connectivity index (χ1v) is 4.99. The van der Waals surface area contributed by atoms with Gasteiger partial charge in [-0.05, 0) is 25.1 Å². The van der Waals surface area contributed by atoms with Crippen LogP contribution < -0.4 is 0 Å². The van der Waals surface area contributed by atoms with Gasteiger partial charge in [0.25, 0.3) is 0 Å². The minimum atomic E-state index is 0.582. The molecule has 1 unspecified atom stereocenters. The van der Waals surface area contributed by atoms with Crippen LogP contribution in [0.25, 0.3) is 0 Å². The van der Waals surface area contributed by atoms with Crippen molar-refractivity contribution in [1.29, 1.82) is 0 Å². The SMILES string of the molecule is C=C/C=C\N(C=C)C(CC)CCC. The zero-order valence-corrected chi connectivity index (χ0v) is 8.87. The Morgan fingerprint density at radius 3 is 2.38 bits per heavy atom. The average Bonchev–Trinajstić information content (AvgIpc) is 2.17. The van der Waals surface area contributed by atoms with Crippen LogP contribution in [-0.4, -0.2) is 10.9 Å². The molecule has 0 amide bonds. The van der Waals surface area contributed by atoms with Crippen LogP contribution in [0.2, 0.25) is 0 Å². The molecule has 0 aromatic carbocycles. The molecule has 74 valence electrons. The van der Waals surface area contributed by atoms with Crippen molar-refractivity contribution >= 4 is 0 Å². The third-order valence-corrected chi connectivity index (χ3v) is 2.12. The standard InChI is InChI=1S/C12H21N/c1-5-9-11-13(8-4)12(7-3)10-6-2/h5,8-9,11-12H,1,4,6-7,10H2,2-3H3/b11-9-. The molecule has 0 aliphatic heterocycles. The summed E-state index contributed by atoms with van der Waals surface area (Å²) in [6, 6.07) is 0.582. The summed E-state index contributed by atoms with van der Waals surface area (Å²) in [5.41, 5.74) is 0. The molecule has 1 heteroatoms. The Hall–Kier alpha value is -0.980. The highest BCUT2D eigenvalue weighted by atomic mass is 15.1. The van der Waals surface area contributed by atoms with Gasteiger partial charge in [-0.25, -0.2) is 0 Å². The van der Waals surface area contributed by atoms with Crippen LogP contribution in [0.4, 0.5) is 0 Å². The van der Waals surface area contributed by atoms with E-state index in [1.807, 2.05) is 18.5 Å². The van der Waals surface area contributed by atoms with E-state index < -0.39 is 0 Å². The summed E-state index contributed by atoms with van der Waals surface area (Å²) < 4.78 is 0. The normalized spacial score (nSPS) is 12.8. The predicted octanol–water partition coefficient (Wildman–Crippen LogP) is 3.71. The van der Waals surface area contributed by atoms with E-state index in [0.29, 0.717) is 6.04 Å². The molecule has 0 bridgehead atoms. The van der Waals surface area contributed by atoms with Gasteiger partial charge in [-0.2, -0.15) is 0 Å². The van der Waals surface area contributed by atoms with E-state index in [4.69, 9.17) is 0 Å². The van der Waals surface area contributed by atoms with Crippen molar-refractivity contribution in [3.05, 3.63) is 37.7 Å². The highest BCUT2D eigenvalue weighted by molar-refractivity contribution is 5.00. The molecule has 1 atom stereocenters. The van der Waals surface area contributed by atoms with Gasteiger partial charge in [0.2, 0.25) is 0 Å². The third kappa shape index (κ3) is 4.56. The number of allylic oxidation sites excluding steroid dienone is 2. The Kier molecular flexibility index (Phi) is 7.08. The Balaban J connectivity index is 4.23. The van der Waals surface area contributed by atoms with Crippen LogP contribution in [0.5, 0.6) is 0 Å². The Morgan fingerprint density at radius 1 is 1.31 bits per heavy atom. The Labute approximate surface area is 82.4 Å². The highest BCUT2D eigenvalue weighted by Gasteiger charge is 2.08. The van der Waals surface area contributed by atoms with Crippen molar-refractivity contribution in [2.75, 3.05) is 0 Å². The third-order valence-electron chi connectivity index (χ3n) is 2.12. The molecule has 0 aliphatic carbocycles. The molecule has 1 nitrogen and oxygen atoms in total. The zero-order valence-electron chi connectivity index (χ0n) is 8.87. The fourth-order valence-electron chi connectivity index (χ4n) is 1.39. The summed E-state index contributed by atoms with van der Waals surface area (Å²) in [5.74, 6) is 0. The summed E-state index contributed by atoms with van der Waals surface area (Å²) in [5, 5.41) is 0. The molecule has 0 rings (SSSR count). The molecular weight excluding hydrogens is 158 g/mol. The van der Waals surface area contributed by atoms with Crippen molar-refractivity contribution < 1.29 is 0 Å². The van der Waals surface area contributed by atoms with Crippen LogP contribution in [0.15, 0.2) is 37.7 Å². The van der Waals surface area contributed by atoms with Gasteiger partial charge in [-0.1, -0.05) is 39.5 Å². The van der Waals surface area contributed by atoms with Crippen LogP contribution in [-0.2, 0) is 0 Å². The highest BCUT2D eigenvalue weighted by Crippen LogP contribution is 2.11. The molecular formula is C12H21N. The Bertz CT molecular complexity index is 170. The van der Waals surface area contributed by atoms with E-state index in [2.05, 4.69) is 31.9 Å². The summed E-state index contributed by atoms with van der Waals surface area (Å²) in [6.07, 6.45) is 11.2. The number of rotatable bonds is 7. The first kappa shape index (κ1) is 12.0. The number of hydrogen-bond donors (Lipinski definition) is 0. The van der Waals surface area contributed by atoms with E-state index in [-0.39, 0.29) is 0 Å². The molecule has 13 heavy (non-hydrogen) atoms. The van der Waals surface area contributed by atoms with Gasteiger partial charge in [-0.3, -0.25) is 0 Å². The van der Waals surface area contributed by atoms with Gasteiger partial charge in [0.1, 0.15) is 0 Å². The predicted molar refractivity (Wildman–Crippen MR) is 60.4 cm³/mol. The minimum Gasteiger partial charge on any atom is -0.352 e. The molecule has 0 N–H and O–H groups in total. The molecule has 0 aromatic rings. The fourth-order valence-corrected chi connectivity index (χ4v) is 1.39. The van der Waals surface area contributed by atoms with Gasteiger partial charge in [-0.15, -0.1) is 0 Å². The van der Waals surface area contributed by atoms with E-state index in [1.54, 1.807) is 6.08 Å². The van der Waals surface area contributed by atoms with Gasteiger partial charge >= 0.3 is 0 Å². The minimum absolute atomic E-state index is 0.582. The van der Waals surface area contributed by atoms with E-state index in [9.17, 15) is 0 Å². The zero-order chi connectivity index (χ0) is 10.1. The van der Waals surface area contributed by atoms with Gasteiger partial charge in [0, 0.05) is 12.2 Å². The number of hydrogen-bond acceptors (Lipinski definition) is 1. The molecule has 0 radical (unpaired) electrons. The quantitative estimate of drug-likeness (QED) is 0.538. The molecule has 0 spiro atoms. The lowest BCUT2D eigenvalue weighted by Crippen LogP contribution is -2.24. The van der Waals surface area contributed by atoms with Crippen molar-refractivity contribution in [3.63, 3.8) is 0 Å². The lowest BCUT2D eigenvalue weighted by molar-refractivity contribution is 0.333. The number of nitrogens with zero attached hydrogens (tertiary/aromatic N) is 1. The largest absolute Gasteiger partial charge is 0.352 e. The van der Waals surface area contributed by atoms with Crippen molar-refractivity contribution in [2.45, 2.75) is 39.2 Å². The second-order valence-electron chi connectivity index (χ2n) is 3.06. The summed E-state index contributed by atoms with van der Waals surface area (Å²) in [7, 11) is 0. The van der Waals surface area contributed by atoms with Crippen LogP contribution in [0, 0.1) is 0 Å². The maximum absolute atomic E-state index is 3.81. The lowest BCUT2D eigenvalue weighted by Gasteiger charge is -2.25. The second-order valence-corrected chi connectivity index (χ2v) is 3.06. The summed E-state index contributed by atoms with van der Waals surface area (Å²) in [4.78, 5) is 2.16. The lowest BCUT2D eigenvalue weighted by atomic mass is 10.1. The van der Waals surface area contributed by atoms with Crippen LogP contribution in [0.3, 0.4) is 0 Å². The summed E-state index contributed by atoms with van der Waals surface area (Å²) >= 11 is 0. The van der Waals surface area contributed by atoms with Crippen molar-refractivity contribution in [3.8, 4) is 0 Å². The van der Waals surface area contributed by atoms with Gasteiger partial charge in [0.05, 0.1) is 0 Å². The smallest absolute Gasteiger partial charge is 0.0327 e. The maximum atomic E-state index is 3.81. The average molecular weight is 179 g/mol. The molecule has 0 aromatic heterocycles. The monoisotopic (exact) mass is 179 g/mol. The van der Waals surface area contributed by atoms with Crippen molar-refractivity contribution in [2.24, 2.45) is 0 Å². The molecule has 0 fully saturated rings.